The van der Waals surface area contributed by atoms with Gasteiger partial charge in [-0.25, -0.2) is 0 Å². The fourth-order valence-corrected chi connectivity index (χ4v) is 8.00. The molecule has 3 saturated heterocycles. The van der Waals surface area contributed by atoms with Crippen molar-refractivity contribution in [3.05, 3.63) is 41.5 Å². The lowest BCUT2D eigenvalue weighted by atomic mass is 9.51. The highest BCUT2D eigenvalue weighted by atomic mass is 16.5. The molecule has 1 aliphatic carbocycles. The molecule has 7 rings (SSSR count). The van der Waals surface area contributed by atoms with Crippen LogP contribution in [-0.2, 0) is 14.9 Å². The summed E-state index contributed by atoms with van der Waals surface area (Å²) in [4.78, 5) is 18.8. The number of ether oxygens (including phenoxy) is 1. The van der Waals surface area contributed by atoms with E-state index < -0.39 is 5.41 Å². The van der Waals surface area contributed by atoms with E-state index in [0.29, 0.717) is 24.5 Å². The summed E-state index contributed by atoms with van der Waals surface area (Å²) < 4.78 is 6.46. The van der Waals surface area contributed by atoms with E-state index in [1.165, 1.54) is 24.1 Å². The Kier molecular flexibility index (Phi) is 2.55. The summed E-state index contributed by atoms with van der Waals surface area (Å²) in [5, 5.41) is 0. The summed E-state index contributed by atoms with van der Waals surface area (Å²) >= 11 is 0. The average Bonchev–Trinajstić information content (AvgIpc) is 3.11. The van der Waals surface area contributed by atoms with Gasteiger partial charge in [-0.1, -0.05) is 29.8 Å². The first-order valence-electron chi connectivity index (χ1n) is 10.5. The van der Waals surface area contributed by atoms with Gasteiger partial charge in [-0.15, -0.1) is 0 Å². The van der Waals surface area contributed by atoms with Crippen LogP contribution < -0.4 is 4.90 Å². The van der Waals surface area contributed by atoms with Crippen molar-refractivity contribution in [2.75, 3.05) is 24.6 Å². The van der Waals surface area contributed by atoms with E-state index in [1.807, 2.05) is 0 Å². The summed E-state index contributed by atoms with van der Waals surface area (Å²) in [5.41, 5.74) is 3.81. The van der Waals surface area contributed by atoms with Gasteiger partial charge in [0.2, 0.25) is 5.91 Å². The number of para-hydroxylation sites is 1. The lowest BCUT2D eigenvalue weighted by molar-refractivity contribution is -0.156. The number of carbonyl (C=O) groups excluding carboxylic acids is 1. The molecule has 1 amide bonds. The Balaban J connectivity index is 1.57. The molecule has 6 aliphatic rings. The summed E-state index contributed by atoms with van der Waals surface area (Å²) in [6.45, 7) is 7.15. The predicted molar refractivity (Wildman–Crippen MR) is 103 cm³/mol. The minimum absolute atomic E-state index is 0.0179. The largest absolute Gasteiger partial charge is 0.373 e. The fourth-order valence-electron chi connectivity index (χ4n) is 8.00. The molecule has 0 N–H and O–H groups in total. The van der Waals surface area contributed by atoms with Gasteiger partial charge in [0.05, 0.1) is 24.2 Å². The molecule has 0 radical (unpaired) electrons. The maximum atomic E-state index is 13.8. The number of anilines is 1. The van der Waals surface area contributed by atoms with Crippen molar-refractivity contribution >= 4 is 11.6 Å². The molecule has 1 aromatic rings. The number of fused-ring (bicyclic) bond motifs is 2. The van der Waals surface area contributed by atoms with Crippen LogP contribution in [0.5, 0.6) is 0 Å². The molecular formula is C23H26N2O2. The number of amides is 1. The van der Waals surface area contributed by atoms with E-state index >= 15 is 0 Å². The smallest absolute Gasteiger partial charge is 0.235 e. The van der Waals surface area contributed by atoms with Crippen molar-refractivity contribution in [2.24, 2.45) is 17.3 Å². The van der Waals surface area contributed by atoms with Gasteiger partial charge >= 0.3 is 0 Å². The van der Waals surface area contributed by atoms with Gasteiger partial charge in [0.1, 0.15) is 0 Å². The number of hydrogen-bond acceptors (Lipinski definition) is 3. The zero-order chi connectivity index (χ0) is 18.1. The zero-order valence-corrected chi connectivity index (χ0v) is 16.0. The third kappa shape index (κ3) is 1.46. The Morgan fingerprint density at radius 3 is 2.96 bits per heavy atom. The Labute approximate surface area is 160 Å². The van der Waals surface area contributed by atoms with Crippen molar-refractivity contribution in [1.29, 1.82) is 0 Å². The zero-order valence-electron chi connectivity index (χ0n) is 16.0. The lowest BCUT2D eigenvalue weighted by Crippen LogP contribution is -2.73. The molecule has 4 fully saturated rings. The van der Waals surface area contributed by atoms with Gasteiger partial charge in [0.15, 0.2) is 0 Å². The molecular weight excluding hydrogens is 336 g/mol. The van der Waals surface area contributed by atoms with Gasteiger partial charge in [0, 0.05) is 29.6 Å². The first kappa shape index (κ1) is 15.3. The molecule has 2 bridgehead atoms. The van der Waals surface area contributed by atoms with Crippen LogP contribution in [0.15, 0.2) is 35.9 Å². The van der Waals surface area contributed by atoms with Crippen molar-refractivity contribution < 1.29 is 9.53 Å². The van der Waals surface area contributed by atoms with Gasteiger partial charge in [0.25, 0.3) is 0 Å². The van der Waals surface area contributed by atoms with E-state index in [4.69, 9.17) is 4.74 Å². The monoisotopic (exact) mass is 362 g/mol. The summed E-state index contributed by atoms with van der Waals surface area (Å²) in [6.07, 6.45) is 4.77. The van der Waals surface area contributed by atoms with Gasteiger partial charge in [-0.05, 0) is 50.8 Å². The third-order valence-corrected chi connectivity index (χ3v) is 8.94. The van der Waals surface area contributed by atoms with Crippen molar-refractivity contribution in [3.8, 4) is 0 Å². The van der Waals surface area contributed by atoms with Gasteiger partial charge in [-0.2, -0.15) is 0 Å². The molecule has 27 heavy (non-hydrogen) atoms. The molecule has 1 spiro atoms. The normalized spacial score (nSPS) is 45.4. The summed E-state index contributed by atoms with van der Waals surface area (Å²) in [7, 11) is 0. The molecule has 4 nitrogen and oxygen atoms in total. The Morgan fingerprint density at radius 1 is 1.22 bits per heavy atom. The molecule has 0 aromatic heterocycles. The second-order valence-corrected chi connectivity index (χ2v) is 10.1. The molecule has 0 unspecified atom stereocenters. The van der Waals surface area contributed by atoms with Crippen LogP contribution in [-0.4, -0.2) is 48.7 Å². The molecule has 1 aromatic carbocycles. The molecule has 5 aliphatic heterocycles. The maximum absolute atomic E-state index is 13.8. The van der Waals surface area contributed by atoms with Gasteiger partial charge < -0.3 is 9.64 Å². The van der Waals surface area contributed by atoms with Crippen LogP contribution in [0.3, 0.4) is 0 Å². The number of benzene rings is 1. The van der Waals surface area contributed by atoms with E-state index in [0.717, 1.165) is 13.1 Å². The number of nitrogens with zero attached hydrogens (tertiary/aromatic N) is 2. The Bertz CT molecular complexity index is 921. The van der Waals surface area contributed by atoms with Crippen molar-refractivity contribution in [2.45, 2.75) is 50.3 Å². The molecule has 5 heterocycles. The average molecular weight is 362 g/mol. The standard InChI is InChI=1S/C23H26N2O2/c1-22(2)20-18-14-11-17-23(8-9-24(17)12-13(14)7-10-27-20)15-5-3-4-6-16(15)25(19(18)23)21(22)26/h3-7,14,17-20H,8-12H2,1-2H3/t14-,17+,18+,19-,20+,23+/m0/s1. The van der Waals surface area contributed by atoms with E-state index in [2.05, 4.69) is 54.0 Å². The molecule has 1 saturated carbocycles. The van der Waals surface area contributed by atoms with Crippen LogP contribution in [0.1, 0.15) is 32.3 Å². The predicted octanol–water partition coefficient (Wildman–Crippen LogP) is 2.73. The second-order valence-electron chi connectivity index (χ2n) is 10.1. The van der Waals surface area contributed by atoms with E-state index in [-0.39, 0.29) is 23.5 Å². The number of rotatable bonds is 0. The van der Waals surface area contributed by atoms with Crippen molar-refractivity contribution in [1.82, 2.24) is 4.90 Å². The SMILES string of the molecule is CC1(C)C(=O)N2c3ccccc3[C@@]34CCN5CC6=CCO[C@@H]1[C@@H]([C@H]23)[C@H]6C[C@@H]54. The quantitative estimate of drug-likeness (QED) is 0.666. The van der Waals surface area contributed by atoms with Crippen LogP contribution in [0.2, 0.25) is 0 Å². The summed E-state index contributed by atoms with van der Waals surface area (Å²) in [5.74, 6) is 1.24. The lowest BCUT2D eigenvalue weighted by Gasteiger charge is -2.61. The van der Waals surface area contributed by atoms with Crippen LogP contribution in [0.4, 0.5) is 5.69 Å². The highest BCUT2D eigenvalue weighted by Gasteiger charge is 2.73. The minimum atomic E-state index is -0.480. The van der Waals surface area contributed by atoms with Crippen LogP contribution in [0, 0.1) is 17.3 Å². The topological polar surface area (TPSA) is 32.8 Å². The van der Waals surface area contributed by atoms with E-state index in [9.17, 15) is 4.79 Å². The molecule has 140 valence electrons. The number of hydrogen-bond donors (Lipinski definition) is 0. The first-order valence-corrected chi connectivity index (χ1v) is 10.5. The Morgan fingerprint density at radius 2 is 2.07 bits per heavy atom. The second kappa shape index (κ2) is 4.49. The minimum Gasteiger partial charge on any atom is -0.373 e. The first-order chi connectivity index (χ1) is 13.0. The summed E-state index contributed by atoms with van der Waals surface area (Å²) in [6, 6.07) is 9.61. The highest BCUT2D eigenvalue weighted by Crippen LogP contribution is 2.67. The van der Waals surface area contributed by atoms with Crippen LogP contribution in [0.25, 0.3) is 0 Å². The molecule has 6 atom stereocenters. The number of piperidine rings is 2. The van der Waals surface area contributed by atoms with Gasteiger partial charge in [-0.3, -0.25) is 9.69 Å². The van der Waals surface area contributed by atoms with E-state index in [1.54, 1.807) is 5.57 Å². The Hall–Kier alpha value is -1.65. The third-order valence-electron chi connectivity index (χ3n) is 8.94. The highest BCUT2D eigenvalue weighted by molar-refractivity contribution is 6.02. The van der Waals surface area contributed by atoms with Crippen molar-refractivity contribution in [3.63, 3.8) is 0 Å². The molecule has 4 heteroatoms. The fraction of sp³-hybridized carbons (Fsp3) is 0.609. The maximum Gasteiger partial charge on any atom is 0.235 e. The number of carbonyl (C=O) groups is 1. The van der Waals surface area contributed by atoms with Crippen LogP contribution >= 0.6 is 0 Å².